The summed E-state index contributed by atoms with van der Waals surface area (Å²) in [5, 5.41) is 29.4. The van der Waals surface area contributed by atoms with Crippen LogP contribution < -0.4 is 0 Å². The highest BCUT2D eigenvalue weighted by atomic mass is 16.3. The summed E-state index contributed by atoms with van der Waals surface area (Å²) >= 11 is 0. The molecule has 7 nitrogen and oxygen atoms in total. The van der Waals surface area contributed by atoms with Gasteiger partial charge in [-0.15, -0.1) is 10.2 Å². The molecule has 68 valence electrons. The van der Waals surface area contributed by atoms with Gasteiger partial charge < -0.3 is 5.11 Å². The molecule has 2 aromatic heterocycles. The van der Waals surface area contributed by atoms with Crippen molar-refractivity contribution in [3.63, 3.8) is 0 Å². The molecule has 0 radical (unpaired) electrons. The molecule has 0 aromatic carbocycles. The van der Waals surface area contributed by atoms with Gasteiger partial charge in [-0.3, -0.25) is 10.2 Å². The maximum absolute atomic E-state index is 9.99. The molecule has 0 atom stereocenters. The second-order valence-electron chi connectivity index (χ2n) is 2.79. The molecule has 3 N–H and O–H groups in total. The predicted molar refractivity (Wildman–Crippen MR) is 41.4 cm³/mol. The average Bonchev–Trinajstić information content (AvgIpc) is 2.78. The zero-order valence-corrected chi connectivity index (χ0v) is 6.89. The lowest BCUT2D eigenvalue weighted by Gasteiger charge is -2.16. The lowest BCUT2D eigenvalue weighted by molar-refractivity contribution is 0.0924. The third-order valence-corrected chi connectivity index (χ3v) is 1.83. The Morgan fingerprint density at radius 2 is 1.62 bits per heavy atom. The molecule has 2 aromatic rings. The van der Waals surface area contributed by atoms with Gasteiger partial charge in [0.2, 0.25) is 0 Å². The molecule has 0 aliphatic carbocycles. The van der Waals surface area contributed by atoms with E-state index >= 15 is 0 Å². The minimum atomic E-state index is -1.26. The molecule has 0 unspecified atom stereocenters. The minimum Gasteiger partial charge on any atom is -0.377 e. The molecule has 2 rings (SSSR count). The van der Waals surface area contributed by atoms with Crippen LogP contribution in [0.5, 0.6) is 0 Å². The first-order valence-electron chi connectivity index (χ1n) is 3.67. The van der Waals surface area contributed by atoms with E-state index in [1.165, 1.54) is 12.4 Å². The summed E-state index contributed by atoms with van der Waals surface area (Å²) in [7, 11) is 0. The van der Waals surface area contributed by atoms with Gasteiger partial charge in [-0.25, -0.2) is 0 Å². The van der Waals surface area contributed by atoms with E-state index in [0.717, 1.165) is 0 Å². The summed E-state index contributed by atoms with van der Waals surface area (Å²) in [5.41, 5.74) is -0.456. The van der Waals surface area contributed by atoms with Gasteiger partial charge in [0.1, 0.15) is 11.4 Å². The molecule has 0 amide bonds. The van der Waals surface area contributed by atoms with Crippen LogP contribution in [0.4, 0.5) is 0 Å². The van der Waals surface area contributed by atoms with Crippen molar-refractivity contribution in [3.05, 3.63) is 23.8 Å². The maximum Gasteiger partial charge on any atom is 0.152 e. The molecule has 0 aliphatic heterocycles. The summed E-state index contributed by atoms with van der Waals surface area (Å²) in [6.07, 6.45) is 3.02. The van der Waals surface area contributed by atoms with E-state index < -0.39 is 5.60 Å². The Balaban J connectivity index is 2.42. The fourth-order valence-electron chi connectivity index (χ4n) is 1.01. The molecular formula is C6H8N6O. The van der Waals surface area contributed by atoms with Crippen LogP contribution >= 0.6 is 0 Å². The van der Waals surface area contributed by atoms with Gasteiger partial charge in [0, 0.05) is 12.4 Å². The number of hydrogen-bond acceptors (Lipinski definition) is 5. The molecule has 0 saturated heterocycles. The van der Waals surface area contributed by atoms with Crippen LogP contribution in [0.3, 0.4) is 0 Å². The summed E-state index contributed by atoms with van der Waals surface area (Å²) in [4.78, 5) is 0. The first kappa shape index (κ1) is 7.87. The maximum atomic E-state index is 9.99. The van der Waals surface area contributed by atoms with E-state index in [1.54, 1.807) is 6.92 Å². The van der Waals surface area contributed by atoms with Crippen molar-refractivity contribution >= 4 is 0 Å². The van der Waals surface area contributed by atoms with E-state index in [0.29, 0.717) is 11.4 Å². The Bertz CT molecular complexity index is 327. The van der Waals surface area contributed by atoms with Crippen molar-refractivity contribution in [1.82, 2.24) is 30.8 Å². The van der Waals surface area contributed by atoms with E-state index in [-0.39, 0.29) is 0 Å². The number of aromatic amines is 2. The number of H-pyrrole nitrogens is 2. The standard InChI is InChI=1S/C6H8N6O/c1-6(13,4-2-7-11-9-4)5-3-8-12-10-5/h2-3,13H,1H3,(H,7,9,11)(H,8,10,12). The van der Waals surface area contributed by atoms with Crippen LogP contribution in [-0.4, -0.2) is 35.9 Å². The Kier molecular flexibility index (Phi) is 1.59. The van der Waals surface area contributed by atoms with Crippen LogP contribution in [0.1, 0.15) is 18.3 Å². The SMILES string of the molecule is CC(O)(c1c[nH]nn1)c1c[nH]nn1. The predicted octanol–water partition coefficient (Wildman–Crippen LogP) is -0.821. The number of rotatable bonds is 2. The first-order chi connectivity index (χ1) is 6.21. The van der Waals surface area contributed by atoms with E-state index in [9.17, 15) is 5.11 Å². The molecule has 7 heteroatoms. The molecule has 2 heterocycles. The van der Waals surface area contributed by atoms with Gasteiger partial charge >= 0.3 is 0 Å². The second kappa shape index (κ2) is 2.63. The average molecular weight is 180 g/mol. The normalized spacial score (nSPS) is 11.8. The van der Waals surface area contributed by atoms with Crippen molar-refractivity contribution < 1.29 is 5.11 Å². The molecular weight excluding hydrogens is 172 g/mol. The topological polar surface area (TPSA) is 103 Å². The first-order valence-corrected chi connectivity index (χ1v) is 3.67. The van der Waals surface area contributed by atoms with Crippen molar-refractivity contribution in [2.45, 2.75) is 12.5 Å². The van der Waals surface area contributed by atoms with Crippen molar-refractivity contribution in [2.75, 3.05) is 0 Å². The van der Waals surface area contributed by atoms with Crippen molar-refractivity contribution in [3.8, 4) is 0 Å². The number of aliphatic hydroxyl groups is 1. The van der Waals surface area contributed by atoms with Crippen LogP contribution in [0.15, 0.2) is 12.4 Å². The lowest BCUT2D eigenvalue weighted by Crippen LogP contribution is -2.23. The fraction of sp³-hybridized carbons (Fsp3) is 0.333. The summed E-state index contributed by atoms with van der Waals surface area (Å²) in [5.74, 6) is 0. The smallest absolute Gasteiger partial charge is 0.152 e. The zero-order valence-electron chi connectivity index (χ0n) is 6.89. The summed E-state index contributed by atoms with van der Waals surface area (Å²) in [6, 6.07) is 0. The number of aromatic nitrogens is 6. The Morgan fingerprint density at radius 3 is 1.92 bits per heavy atom. The molecule has 0 fully saturated rings. The molecule has 13 heavy (non-hydrogen) atoms. The Hall–Kier alpha value is -1.76. The van der Waals surface area contributed by atoms with Gasteiger partial charge in [0.15, 0.2) is 5.60 Å². The van der Waals surface area contributed by atoms with Crippen LogP contribution in [0, 0.1) is 0 Å². The second-order valence-corrected chi connectivity index (χ2v) is 2.79. The lowest BCUT2D eigenvalue weighted by atomic mass is 10.00. The number of nitrogens with one attached hydrogen (secondary N) is 2. The monoisotopic (exact) mass is 180 g/mol. The van der Waals surface area contributed by atoms with E-state index in [2.05, 4.69) is 30.8 Å². The quantitative estimate of drug-likeness (QED) is 0.560. The van der Waals surface area contributed by atoms with Crippen molar-refractivity contribution in [2.24, 2.45) is 0 Å². The van der Waals surface area contributed by atoms with Crippen LogP contribution in [0.2, 0.25) is 0 Å². The highest BCUT2D eigenvalue weighted by Gasteiger charge is 2.30. The van der Waals surface area contributed by atoms with Gasteiger partial charge in [-0.2, -0.15) is 0 Å². The summed E-state index contributed by atoms with van der Waals surface area (Å²) in [6.45, 7) is 1.57. The third kappa shape index (κ3) is 1.18. The van der Waals surface area contributed by atoms with E-state index in [4.69, 9.17) is 0 Å². The van der Waals surface area contributed by atoms with E-state index in [1.807, 2.05) is 0 Å². The number of nitrogens with zero attached hydrogens (tertiary/aromatic N) is 4. The summed E-state index contributed by atoms with van der Waals surface area (Å²) < 4.78 is 0. The largest absolute Gasteiger partial charge is 0.377 e. The van der Waals surface area contributed by atoms with Gasteiger partial charge in [-0.05, 0) is 6.92 Å². The molecule has 0 spiro atoms. The highest BCUT2D eigenvalue weighted by molar-refractivity contribution is 5.19. The van der Waals surface area contributed by atoms with Crippen molar-refractivity contribution in [1.29, 1.82) is 0 Å². The Morgan fingerprint density at radius 1 is 1.15 bits per heavy atom. The van der Waals surface area contributed by atoms with Crippen LogP contribution in [-0.2, 0) is 5.60 Å². The molecule has 0 bridgehead atoms. The third-order valence-electron chi connectivity index (χ3n) is 1.83. The Labute approximate surface area is 73.2 Å². The highest BCUT2D eigenvalue weighted by Crippen LogP contribution is 2.23. The minimum absolute atomic E-state index is 0.404. The fourth-order valence-corrected chi connectivity index (χ4v) is 1.01. The van der Waals surface area contributed by atoms with Gasteiger partial charge in [0.05, 0.1) is 0 Å². The van der Waals surface area contributed by atoms with Gasteiger partial charge in [-0.1, -0.05) is 10.4 Å². The van der Waals surface area contributed by atoms with Gasteiger partial charge in [0.25, 0.3) is 0 Å². The molecule has 0 saturated carbocycles. The number of hydrogen-bond donors (Lipinski definition) is 3. The zero-order chi connectivity index (χ0) is 9.31. The van der Waals surface area contributed by atoms with Crippen LogP contribution in [0.25, 0.3) is 0 Å². The molecule has 0 aliphatic rings.